The van der Waals surface area contributed by atoms with Crippen molar-refractivity contribution in [2.75, 3.05) is 6.61 Å². The molecule has 0 spiro atoms. The van der Waals surface area contributed by atoms with E-state index in [1.807, 2.05) is 45.0 Å². The number of nitrogens with one attached hydrogen (secondary N) is 1. The molecule has 0 saturated heterocycles. The van der Waals surface area contributed by atoms with E-state index in [1.54, 1.807) is 6.20 Å². The molecular weight excluding hydrogens is 448 g/mol. The van der Waals surface area contributed by atoms with Gasteiger partial charge in [-0.15, -0.1) is 0 Å². The number of carbonyl (C=O) groups excluding carboxylic acids is 1. The van der Waals surface area contributed by atoms with E-state index in [2.05, 4.69) is 40.1 Å². The van der Waals surface area contributed by atoms with Gasteiger partial charge in [0.1, 0.15) is 30.3 Å². The first-order valence-electron chi connectivity index (χ1n) is 10.2. The Balaban J connectivity index is 1.72. The van der Waals surface area contributed by atoms with Crippen LogP contribution < -0.4 is 14.8 Å². The molecule has 0 radical (unpaired) electrons. The summed E-state index contributed by atoms with van der Waals surface area (Å²) < 4.78 is 18.2. The molecule has 1 amide bonds. The van der Waals surface area contributed by atoms with Gasteiger partial charge in [-0.2, -0.15) is 0 Å². The third-order valence-corrected chi connectivity index (χ3v) is 5.10. The lowest BCUT2D eigenvalue weighted by atomic mass is 10.0. The SMILES string of the molecule is CC(C)C[C@@H](COc1cc2c(cc1Br)-c1ncccc1CO2)NC(=O)OC(C)(C)C. The van der Waals surface area contributed by atoms with Gasteiger partial charge in [0.25, 0.3) is 0 Å². The van der Waals surface area contributed by atoms with E-state index in [0.717, 1.165) is 33.5 Å². The Morgan fingerprint density at radius 3 is 2.80 bits per heavy atom. The van der Waals surface area contributed by atoms with Gasteiger partial charge in [-0.05, 0) is 61.2 Å². The first-order valence-corrected chi connectivity index (χ1v) is 10.9. The molecule has 1 aliphatic rings. The lowest BCUT2D eigenvalue weighted by Crippen LogP contribution is -2.42. The van der Waals surface area contributed by atoms with Crippen molar-refractivity contribution in [1.29, 1.82) is 0 Å². The molecule has 2 aromatic rings. The molecule has 1 aliphatic heterocycles. The standard InChI is InChI=1S/C23H29BrN2O4/c1-14(2)9-16(26-22(27)30-23(3,4)5)13-29-20-11-19-17(10-18(20)24)21-15(12-28-19)7-6-8-25-21/h6-8,10-11,14,16H,9,12-13H2,1-5H3,(H,26,27)/t16-/m0/s1. The number of pyridine rings is 1. The molecule has 162 valence electrons. The number of fused-ring (bicyclic) bond motifs is 3. The predicted octanol–water partition coefficient (Wildman–Crippen LogP) is 5.72. The van der Waals surface area contributed by atoms with Gasteiger partial charge in [-0.25, -0.2) is 4.79 Å². The fourth-order valence-electron chi connectivity index (χ4n) is 3.31. The Morgan fingerprint density at radius 2 is 2.10 bits per heavy atom. The summed E-state index contributed by atoms with van der Waals surface area (Å²) in [6.45, 7) is 10.6. The molecule has 0 fully saturated rings. The van der Waals surface area contributed by atoms with Crippen LogP contribution in [0.4, 0.5) is 4.79 Å². The number of amides is 1. The molecular formula is C23H29BrN2O4. The largest absolute Gasteiger partial charge is 0.490 e. The summed E-state index contributed by atoms with van der Waals surface area (Å²) in [5.41, 5.74) is 2.37. The van der Waals surface area contributed by atoms with E-state index in [9.17, 15) is 4.79 Å². The maximum absolute atomic E-state index is 12.2. The van der Waals surface area contributed by atoms with Crippen molar-refractivity contribution < 1.29 is 19.0 Å². The van der Waals surface area contributed by atoms with Gasteiger partial charge in [-0.3, -0.25) is 4.98 Å². The summed E-state index contributed by atoms with van der Waals surface area (Å²) in [4.78, 5) is 16.7. The van der Waals surface area contributed by atoms with E-state index < -0.39 is 11.7 Å². The molecule has 3 rings (SSSR count). The minimum atomic E-state index is -0.545. The summed E-state index contributed by atoms with van der Waals surface area (Å²) in [7, 11) is 0. The monoisotopic (exact) mass is 476 g/mol. The van der Waals surface area contributed by atoms with Crippen LogP contribution >= 0.6 is 15.9 Å². The summed E-state index contributed by atoms with van der Waals surface area (Å²) >= 11 is 3.60. The van der Waals surface area contributed by atoms with Crippen LogP contribution in [0.25, 0.3) is 11.3 Å². The molecule has 1 atom stereocenters. The fourth-order valence-corrected chi connectivity index (χ4v) is 3.76. The highest BCUT2D eigenvalue weighted by Crippen LogP contribution is 2.42. The minimum Gasteiger partial charge on any atom is -0.490 e. The number of alkyl carbamates (subject to hydrolysis) is 1. The molecule has 0 aliphatic carbocycles. The average Bonchev–Trinajstić information content (AvgIpc) is 2.64. The molecule has 1 N–H and O–H groups in total. The number of carbonyl (C=O) groups is 1. The number of hydrogen-bond donors (Lipinski definition) is 1. The number of nitrogens with zero attached hydrogens (tertiary/aromatic N) is 1. The van der Waals surface area contributed by atoms with Crippen molar-refractivity contribution >= 4 is 22.0 Å². The van der Waals surface area contributed by atoms with Crippen LogP contribution in [0.2, 0.25) is 0 Å². The molecule has 1 aromatic carbocycles. The Hall–Kier alpha value is -2.28. The van der Waals surface area contributed by atoms with Gasteiger partial charge in [0.2, 0.25) is 0 Å². The number of ether oxygens (including phenoxy) is 3. The van der Waals surface area contributed by atoms with Gasteiger partial charge < -0.3 is 19.5 Å². The number of hydrogen-bond acceptors (Lipinski definition) is 5. The van der Waals surface area contributed by atoms with E-state index in [4.69, 9.17) is 14.2 Å². The molecule has 1 aromatic heterocycles. The second-order valence-electron chi connectivity index (χ2n) is 8.86. The van der Waals surface area contributed by atoms with Crippen LogP contribution in [0.1, 0.15) is 46.6 Å². The topological polar surface area (TPSA) is 69.7 Å². The zero-order chi connectivity index (χ0) is 21.9. The zero-order valence-corrected chi connectivity index (χ0v) is 19.7. The quantitative estimate of drug-likeness (QED) is 0.576. The highest BCUT2D eigenvalue weighted by molar-refractivity contribution is 9.10. The second kappa shape index (κ2) is 9.25. The molecule has 7 heteroatoms. The highest BCUT2D eigenvalue weighted by atomic mass is 79.9. The van der Waals surface area contributed by atoms with Crippen molar-refractivity contribution in [2.45, 2.75) is 59.3 Å². The zero-order valence-electron chi connectivity index (χ0n) is 18.1. The maximum atomic E-state index is 12.2. The fraction of sp³-hybridized carbons (Fsp3) is 0.478. The Morgan fingerprint density at radius 1 is 1.33 bits per heavy atom. The molecule has 0 unspecified atom stereocenters. The van der Waals surface area contributed by atoms with Gasteiger partial charge in [0.15, 0.2) is 0 Å². The highest BCUT2D eigenvalue weighted by Gasteiger charge is 2.23. The van der Waals surface area contributed by atoms with Crippen LogP contribution in [-0.4, -0.2) is 29.3 Å². The van der Waals surface area contributed by atoms with E-state index >= 15 is 0 Å². The van der Waals surface area contributed by atoms with Crippen molar-refractivity contribution in [2.24, 2.45) is 5.92 Å². The van der Waals surface area contributed by atoms with Crippen LogP contribution in [0.15, 0.2) is 34.9 Å². The summed E-state index contributed by atoms with van der Waals surface area (Å²) in [5, 5.41) is 2.93. The van der Waals surface area contributed by atoms with Crippen molar-refractivity contribution in [3.8, 4) is 22.8 Å². The van der Waals surface area contributed by atoms with E-state index in [-0.39, 0.29) is 6.04 Å². The van der Waals surface area contributed by atoms with Crippen LogP contribution in [0.3, 0.4) is 0 Å². The molecule has 2 heterocycles. The lowest BCUT2D eigenvalue weighted by molar-refractivity contribution is 0.0480. The normalized spacial score (nSPS) is 13.7. The number of halogens is 1. The number of rotatable bonds is 6. The van der Waals surface area contributed by atoms with Crippen LogP contribution in [0.5, 0.6) is 11.5 Å². The lowest BCUT2D eigenvalue weighted by Gasteiger charge is -2.25. The predicted molar refractivity (Wildman–Crippen MR) is 120 cm³/mol. The van der Waals surface area contributed by atoms with Crippen molar-refractivity contribution in [3.05, 3.63) is 40.5 Å². The second-order valence-corrected chi connectivity index (χ2v) is 9.72. The summed E-state index contributed by atoms with van der Waals surface area (Å²) in [6, 6.07) is 7.59. The molecule has 0 bridgehead atoms. The number of benzene rings is 1. The Bertz CT molecular complexity index is 909. The molecule has 30 heavy (non-hydrogen) atoms. The van der Waals surface area contributed by atoms with Gasteiger partial charge in [0, 0.05) is 23.4 Å². The van der Waals surface area contributed by atoms with Crippen molar-refractivity contribution in [3.63, 3.8) is 0 Å². The first kappa shape index (κ1) is 22.4. The minimum absolute atomic E-state index is 0.175. The third kappa shape index (κ3) is 5.88. The van der Waals surface area contributed by atoms with Crippen LogP contribution in [-0.2, 0) is 11.3 Å². The summed E-state index contributed by atoms with van der Waals surface area (Å²) in [6.07, 6.45) is 2.12. The van der Waals surface area contributed by atoms with E-state index in [1.165, 1.54) is 0 Å². The van der Waals surface area contributed by atoms with Crippen LogP contribution in [0, 0.1) is 5.92 Å². The van der Waals surface area contributed by atoms with E-state index in [0.29, 0.717) is 24.9 Å². The van der Waals surface area contributed by atoms with Crippen molar-refractivity contribution in [1.82, 2.24) is 10.3 Å². The summed E-state index contributed by atoms with van der Waals surface area (Å²) in [5.74, 6) is 1.79. The third-order valence-electron chi connectivity index (χ3n) is 4.48. The molecule has 0 saturated carbocycles. The van der Waals surface area contributed by atoms with Gasteiger partial charge in [0.05, 0.1) is 16.2 Å². The Labute approximate surface area is 186 Å². The average molecular weight is 477 g/mol. The first-order chi connectivity index (χ1) is 14.1. The van der Waals surface area contributed by atoms with Gasteiger partial charge in [-0.1, -0.05) is 19.9 Å². The van der Waals surface area contributed by atoms with Gasteiger partial charge >= 0.3 is 6.09 Å². The number of aromatic nitrogens is 1. The maximum Gasteiger partial charge on any atom is 0.407 e. The smallest absolute Gasteiger partial charge is 0.407 e. The Kier molecular flexibility index (Phi) is 6.91. The molecule has 6 nitrogen and oxygen atoms in total.